The summed E-state index contributed by atoms with van der Waals surface area (Å²) in [6, 6.07) is 3.60. The third-order valence-electron chi connectivity index (χ3n) is 3.57. The van der Waals surface area contributed by atoms with Crippen molar-refractivity contribution in [3.8, 4) is 22.9 Å². The molecular weight excluding hydrogens is 312 g/mol. The molecule has 7 nitrogen and oxygen atoms in total. The van der Waals surface area contributed by atoms with Crippen LogP contribution >= 0.6 is 0 Å². The van der Waals surface area contributed by atoms with Crippen molar-refractivity contribution in [3.05, 3.63) is 29.8 Å². The highest BCUT2D eigenvalue weighted by molar-refractivity contribution is 5.89. The number of hydrogen-bond donors (Lipinski definition) is 0. The Bertz CT molecular complexity index is 767. The van der Waals surface area contributed by atoms with Crippen molar-refractivity contribution in [1.82, 2.24) is 9.55 Å². The van der Waals surface area contributed by atoms with E-state index in [0.717, 1.165) is 5.69 Å². The van der Waals surface area contributed by atoms with Crippen LogP contribution in [0.15, 0.2) is 18.5 Å². The van der Waals surface area contributed by atoms with E-state index in [0.29, 0.717) is 29.5 Å². The second-order valence-corrected chi connectivity index (χ2v) is 5.56. The molecule has 24 heavy (non-hydrogen) atoms. The summed E-state index contributed by atoms with van der Waals surface area (Å²) in [6.45, 7) is 6.17. The minimum atomic E-state index is -0.453. The van der Waals surface area contributed by atoms with Crippen LogP contribution in [0.1, 0.15) is 37.0 Å². The molecule has 0 spiro atoms. The van der Waals surface area contributed by atoms with E-state index >= 15 is 0 Å². The highest BCUT2D eigenvalue weighted by Gasteiger charge is 2.27. The molecule has 2 heterocycles. The molecule has 1 aromatic heterocycles. The Balaban J connectivity index is 2.06. The molecule has 0 aliphatic carbocycles. The number of fused-ring (bicyclic) bond motifs is 3. The maximum Gasteiger partial charge on any atom is 0.358 e. The molecule has 0 amide bonds. The van der Waals surface area contributed by atoms with Crippen LogP contribution in [0.3, 0.4) is 0 Å². The predicted octanol–water partition coefficient (Wildman–Crippen LogP) is 2.74. The fourth-order valence-electron chi connectivity index (χ4n) is 2.58. The van der Waals surface area contributed by atoms with Crippen LogP contribution in [0.25, 0.3) is 5.69 Å². The van der Waals surface area contributed by atoms with Gasteiger partial charge in [-0.25, -0.2) is 9.78 Å². The van der Waals surface area contributed by atoms with Crippen LogP contribution in [0.5, 0.6) is 17.2 Å². The first-order chi connectivity index (χ1) is 11.5. The molecule has 0 fully saturated rings. The normalized spacial score (nSPS) is 12.2. The van der Waals surface area contributed by atoms with Gasteiger partial charge in [0.25, 0.3) is 0 Å². The zero-order valence-electron chi connectivity index (χ0n) is 14.2. The second kappa shape index (κ2) is 6.43. The number of aromatic nitrogens is 2. The summed E-state index contributed by atoms with van der Waals surface area (Å²) in [4.78, 5) is 16.2. The lowest BCUT2D eigenvalue weighted by Gasteiger charge is -2.23. The standard InChI is InChI=1S/C17H20N2O5/c1-5-22-17(20)16-12-8-23-13-7-14(21-4)15(24-10(2)3)6-11(13)19(12)9-18-16/h6-7,9-10H,5,8H2,1-4H3. The molecule has 0 bridgehead atoms. The topological polar surface area (TPSA) is 71.8 Å². The number of methoxy groups -OCH3 is 1. The van der Waals surface area contributed by atoms with E-state index in [1.54, 1.807) is 26.4 Å². The van der Waals surface area contributed by atoms with Gasteiger partial charge in [0.05, 0.1) is 31.2 Å². The summed E-state index contributed by atoms with van der Waals surface area (Å²) in [7, 11) is 1.58. The molecule has 0 unspecified atom stereocenters. The average Bonchev–Trinajstić information content (AvgIpc) is 2.98. The molecule has 128 valence electrons. The van der Waals surface area contributed by atoms with Crippen molar-refractivity contribution < 1.29 is 23.7 Å². The zero-order chi connectivity index (χ0) is 17.3. The monoisotopic (exact) mass is 332 g/mol. The summed E-state index contributed by atoms with van der Waals surface area (Å²) in [5.74, 6) is 1.39. The van der Waals surface area contributed by atoms with Crippen molar-refractivity contribution in [2.75, 3.05) is 13.7 Å². The SMILES string of the molecule is CCOC(=O)c1ncn2c1COc1cc(OC)c(OC(C)C)cc1-2. The quantitative estimate of drug-likeness (QED) is 0.784. The molecule has 0 radical (unpaired) electrons. The lowest BCUT2D eigenvalue weighted by molar-refractivity contribution is 0.0516. The van der Waals surface area contributed by atoms with Gasteiger partial charge in [0.2, 0.25) is 0 Å². The number of nitrogens with zero attached hydrogens (tertiary/aromatic N) is 2. The first-order valence-corrected chi connectivity index (χ1v) is 7.80. The smallest absolute Gasteiger partial charge is 0.358 e. The molecule has 1 aromatic carbocycles. The van der Waals surface area contributed by atoms with Crippen LogP contribution in [0.4, 0.5) is 0 Å². The minimum Gasteiger partial charge on any atom is -0.493 e. The van der Waals surface area contributed by atoms with E-state index in [1.165, 1.54) is 0 Å². The Kier molecular flexibility index (Phi) is 4.33. The Morgan fingerprint density at radius 1 is 1.38 bits per heavy atom. The van der Waals surface area contributed by atoms with Gasteiger partial charge in [-0.3, -0.25) is 4.57 Å². The first-order valence-electron chi connectivity index (χ1n) is 7.80. The number of benzene rings is 1. The molecule has 7 heteroatoms. The van der Waals surface area contributed by atoms with Gasteiger partial charge in [0.1, 0.15) is 18.7 Å². The molecule has 0 saturated heterocycles. The number of carbonyl (C=O) groups is 1. The van der Waals surface area contributed by atoms with Crippen LogP contribution in [0, 0.1) is 0 Å². The fourth-order valence-corrected chi connectivity index (χ4v) is 2.58. The highest BCUT2D eigenvalue weighted by atomic mass is 16.5. The van der Waals surface area contributed by atoms with Gasteiger partial charge in [0.15, 0.2) is 17.2 Å². The predicted molar refractivity (Wildman–Crippen MR) is 86.2 cm³/mol. The third kappa shape index (κ3) is 2.77. The summed E-state index contributed by atoms with van der Waals surface area (Å²) < 4.78 is 23.8. The van der Waals surface area contributed by atoms with Gasteiger partial charge in [0, 0.05) is 12.1 Å². The minimum absolute atomic E-state index is 0.00110. The number of rotatable bonds is 5. The van der Waals surface area contributed by atoms with Crippen molar-refractivity contribution in [2.24, 2.45) is 0 Å². The van der Waals surface area contributed by atoms with Gasteiger partial charge in [-0.05, 0) is 20.8 Å². The van der Waals surface area contributed by atoms with E-state index in [4.69, 9.17) is 18.9 Å². The van der Waals surface area contributed by atoms with Crippen LogP contribution in [-0.4, -0.2) is 35.3 Å². The molecule has 3 rings (SSSR count). The van der Waals surface area contributed by atoms with Gasteiger partial charge in [-0.1, -0.05) is 0 Å². The summed E-state index contributed by atoms with van der Waals surface area (Å²) in [5.41, 5.74) is 1.67. The molecule has 0 atom stereocenters. The second-order valence-electron chi connectivity index (χ2n) is 5.56. The lowest BCUT2D eigenvalue weighted by Crippen LogP contribution is -2.17. The van der Waals surface area contributed by atoms with E-state index in [2.05, 4.69) is 4.98 Å². The Morgan fingerprint density at radius 2 is 2.17 bits per heavy atom. The van der Waals surface area contributed by atoms with E-state index < -0.39 is 5.97 Å². The highest BCUT2D eigenvalue weighted by Crippen LogP contribution is 2.40. The van der Waals surface area contributed by atoms with Crippen LogP contribution in [0.2, 0.25) is 0 Å². The molecule has 0 N–H and O–H groups in total. The van der Waals surface area contributed by atoms with Crippen molar-refractivity contribution in [3.63, 3.8) is 0 Å². The van der Waals surface area contributed by atoms with E-state index in [9.17, 15) is 4.79 Å². The summed E-state index contributed by atoms with van der Waals surface area (Å²) >= 11 is 0. The number of hydrogen-bond acceptors (Lipinski definition) is 6. The molecular formula is C17H20N2O5. The number of imidazole rings is 1. The van der Waals surface area contributed by atoms with Gasteiger partial charge >= 0.3 is 5.97 Å². The van der Waals surface area contributed by atoms with E-state index in [1.807, 2.05) is 24.5 Å². The van der Waals surface area contributed by atoms with E-state index in [-0.39, 0.29) is 18.4 Å². The zero-order valence-corrected chi connectivity index (χ0v) is 14.2. The number of esters is 1. The summed E-state index contributed by atoms with van der Waals surface area (Å²) in [6.07, 6.45) is 1.59. The fraction of sp³-hybridized carbons (Fsp3) is 0.412. The van der Waals surface area contributed by atoms with Crippen molar-refractivity contribution >= 4 is 5.97 Å². The Labute approximate surface area is 140 Å². The van der Waals surface area contributed by atoms with Crippen LogP contribution in [-0.2, 0) is 11.3 Å². The molecule has 1 aliphatic rings. The van der Waals surface area contributed by atoms with Gasteiger partial charge < -0.3 is 18.9 Å². The Morgan fingerprint density at radius 3 is 2.83 bits per heavy atom. The van der Waals surface area contributed by atoms with Crippen molar-refractivity contribution in [1.29, 1.82) is 0 Å². The molecule has 0 saturated carbocycles. The Hall–Kier alpha value is -2.70. The number of carbonyl (C=O) groups excluding carboxylic acids is 1. The molecule has 2 aromatic rings. The maximum absolute atomic E-state index is 12.0. The first kappa shape index (κ1) is 16.2. The third-order valence-corrected chi connectivity index (χ3v) is 3.57. The summed E-state index contributed by atoms with van der Waals surface area (Å²) in [5, 5.41) is 0. The van der Waals surface area contributed by atoms with Gasteiger partial charge in [-0.2, -0.15) is 0 Å². The molecule has 1 aliphatic heterocycles. The maximum atomic E-state index is 12.0. The lowest BCUT2D eigenvalue weighted by atomic mass is 10.2. The van der Waals surface area contributed by atoms with Gasteiger partial charge in [-0.15, -0.1) is 0 Å². The van der Waals surface area contributed by atoms with Crippen LogP contribution < -0.4 is 14.2 Å². The van der Waals surface area contributed by atoms with Crippen molar-refractivity contribution in [2.45, 2.75) is 33.5 Å². The largest absolute Gasteiger partial charge is 0.493 e. The number of ether oxygens (including phenoxy) is 4. The average molecular weight is 332 g/mol.